The first-order valence-electron chi connectivity index (χ1n) is 9.46. The first-order chi connectivity index (χ1) is 15.0. The molecule has 3 aromatic carbocycles. The van der Waals surface area contributed by atoms with Crippen molar-refractivity contribution in [3.8, 4) is 5.75 Å². The summed E-state index contributed by atoms with van der Waals surface area (Å²) < 4.78 is 20.7. The van der Waals surface area contributed by atoms with Gasteiger partial charge in [-0.1, -0.05) is 39.4 Å². The molecule has 0 saturated heterocycles. The average Bonchev–Trinajstić information content (AvgIpc) is 3.18. The number of fused-ring (bicyclic) bond motifs is 1. The lowest BCUT2D eigenvalue weighted by Gasteiger charge is -2.14. The summed E-state index contributed by atoms with van der Waals surface area (Å²) in [5.41, 5.74) is 1.85. The van der Waals surface area contributed by atoms with Crippen LogP contribution in [0.5, 0.6) is 5.75 Å². The molecule has 0 spiro atoms. The number of benzene rings is 3. The molecule has 0 bridgehead atoms. The van der Waals surface area contributed by atoms with Gasteiger partial charge in [-0.2, -0.15) is 10.1 Å². The van der Waals surface area contributed by atoms with Crippen molar-refractivity contribution in [3.05, 3.63) is 88.1 Å². The molecule has 0 unspecified atom stereocenters. The van der Waals surface area contributed by atoms with Crippen molar-refractivity contribution in [2.45, 2.75) is 6.92 Å². The molecular formula is C23H17BrFN3O2S. The van der Waals surface area contributed by atoms with Crippen LogP contribution in [0.25, 0.3) is 10.2 Å². The second-order valence-electron chi connectivity index (χ2n) is 6.48. The quantitative estimate of drug-likeness (QED) is 0.232. The summed E-state index contributed by atoms with van der Waals surface area (Å²) in [5.74, 6) is -0.0270. The van der Waals surface area contributed by atoms with Crippen LogP contribution in [0.1, 0.15) is 22.8 Å². The Balaban J connectivity index is 1.71. The number of hydrogen-bond acceptors (Lipinski definition) is 5. The molecule has 4 aromatic rings. The third-order valence-electron chi connectivity index (χ3n) is 4.32. The molecule has 1 aromatic heterocycles. The van der Waals surface area contributed by atoms with Gasteiger partial charge in [-0.25, -0.2) is 9.37 Å². The number of thiazole rings is 1. The van der Waals surface area contributed by atoms with Crippen LogP contribution in [-0.4, -0.2) is 23.7 Å². The predicted octanol–water partition coefficient (Wildman–Crippen LogP) is 6.28. The highest BCUT2D eigenvalue weighted by molar-refractivity contribution is 9.10. The van der Waals surface area contributed by atoms with Gasteiger partial charge in [0.2, 0.25) is 5.13 Å². The fraction of sp³-hybridized carbons (Fsp3) is 0.0870. The number of aromatic nitrogens is 1. The van der Waals surface area contributed by atoms with Crippen molar-refractivity contribution in [1.82, 2.24) is 4.98 Å². The molecule has 0 fully saturated rings. The van der Waals surface area contributed by atoms with Gasteiger partial charge in [-0.05, 0) is 67.1 Å². The largest absolute Gasteiger partial charge is 0.494 e. The average molecular weight is 498 g/mol. The van der Waals surface area contributed by atoms with Crippen LogP contribution < -0.4 is 9.75 Å². The number of hydrazone groups is 1. The summed E-state index contributed by atoms with van der Waals surface area (Å²) in [6, 6.07) is 18.7. The monoisotopic (exact) mass is 497 g/mol. The number of hydrogen-bond donors (Lipinski definition) is 0. The Kier molecular flexibility index (Phi) is 6.39. The second-order valence-corrected chi connectivity index (χ2v) is 8.40. The van der Waals surface area contributed by atoms with E-state index in [0.717, 1.165) is 10.0 Å². The Hall–Kier alpha value is -3.10. The van der Waals surface area contributed by atoms with E-state index in [1.54, 1.807) is 36.5 Å². The van der Waals surface area contributed by atoms with Crippen molar-refractivity contribution in [3.63, 3.8) is 0 Å². The van der Waals surface area contributed by atoms with Crippen LogP contribution >= 0.6 is 27.3 Å². The molecule has 0 N–H and O–H groups in total. The molecule has 0 radical (unpaired) electrons. The minimum Gasteiger partial charge on any atom is -0.494 e. The lowest BCUT2D eigenvalue weighted by atomic mass is 10.2. The van der Waals surface area contributed by atoms with Gasteiger partial charge in [0.05, 0.1) is 23.0 Å². The molecule has 5 nitrogen and oxygen atoms in total. The van der Waals surface area contributed by atoms with Gasteiger partial charge in [-0.3, -0.25) is 4.79 Å². The van der Waals surface area contributed by atoms with Crippen LogP contribution in [-0.2, 0) is 0 Å². The highest BCUT2D eigenvalue weighted by Crippen LogP contribution is 2.31. The first kappa shape index (κ1) is 21.1. The third-order valence-corrected chi connectivity index (χ3v) is 5.84. The minimum absolute atomic E-state index is 0.351. The Morgan fingerprint density at radius 2 is 1.90 bits per heavy atom. The van der Waals surface area contributed by atoms with Crippen molar-refractivity contribution in [1.29, 1.82) is 0 Å². The molecule has 0 aliphatic carbocycles. The van der Waals surface area contributed by atoms with Gasteiger partial charge >= 0.3 is 0 Å². The number of ether oxygens (including phenoxy) is 1. The van der Waals surface area contributed by atoms with Crippen molar-refractivity contribution >= 4 is 54.7 Å². The van der Waals surface area contributed by atoms with Gasteiger partial charge in [0.1, 0.15) is 11.6 Å². The number of anilines is 1. The zero-order valence-electron chi connectivity index (χ0n) is 16.5. The summed E-state index contributed by atoms with van der Waals surface area (Å²) in [6.07, 6.45) is 1.59. The van der Waals surface area contributed by atoms with E-state index in [-0.39, 0.29) is 11.7 Å². The van der Waals surface area contributed by atoms with Gasteiger partial charge in [0.25, 0.3) is 5.91 Å². The van der Waals surface area contributed by atoms with E-state index in [9.17, 15) is 9.18 Å². The number of carbonyl (C=O) groups excluding carboxylic acids is 1. The smallest absolute Gasteiger partial charge is 0.280 e. The summed E-state index contributed by atoms with van der Waals surface area (Å²) in [7, 11) is 0. The molecule has 1 heterocycles. The van der Waals surface area contributed by atoms with Crippen molar-refractivity contribution < 1.29 is 13.9 Å². The lowest BCUT2D eigenvalue weighted by molar-refractivity contribution is 0.0988. The van der Waals surface area contributed by atoms with E-state index >= 15 is 0 Å². The highest BCUT2D eigenvalue weighted by Gasteiger charge is 2.21. The molecule has 0 aliphatic rings. The summed E-state index contributed by atoms with van der Waals surface area (Å²) in [4.78, 5) is 17.8. The maximum atomic E-state index is 13.6. The molecule has 1 amide bonds. The molecule has 31 heavy (non-hydrogen) atoms. The Morgan fingerprint density at radius 3 is 2.61 bits per heavy atom. The number of halogens is 2. The normalized spacial score (nSPS) is 11.2. The zero-order valence-corrected chi connectivity index (χ0v) is 18.9. The summed E-state index contributed by atoms with van der Waals surface area (Å²) in [5, 5.41) is 6.00. The van der Waals surface area contributed by atoms with Crippen molar-refractivity contribution in [2.24, 2.45) is 5.10 Å². The third kappa shape index (κ3) is 4.98. The summed E-state index contributed by atoms with van der Waals surface area (Å²) in [6.45, 7) is 2.44. The zero-order chi connectivity index (χ0) is 21.8. The number of amides is 1. The van der Waals surface area contributed by atoms with E-state index in [2.05, 4.69) is 26.0 Å². The molecule has 0 aliphatic heterocycles. The van der Waals surface area contributed by atoms with Crippen molar-refractivity contribution in [2.75, 3.05) is 11.6 Å². The second kappa shape index (κ2) is 9.36. The molecule has 0 saturated carbocycles. The Morgan fingerprint density at radius 1 is 1.16 bits per heavy atom. The SMILES string of the molecule is CCOc1ccc(C(=O)N(/N=C/c2ccc(Br)cc2)c2nc3ccc(F)cc3s2)cc1. The fourth-order valence-corrected chi connectivity index (χ4v) is 4.03. The first-order valence-corrected chi connectivity index (χ1v) is 11.1. The van der Waals surface area contributed by atoms with Gasteiger partial charge in [-0.15, -0.1) is 0 Å². The number of nitrogens with zero attached hydrogens (tertiary/aromatic N) is 3. The van der Waals surface area contributed by atoms with Crippen LogP contribution in [0.2, 0.25) is 0 Å². The maximum absolute atomic E-state index is 13.6. The van der Waals surface area contributed by atoms with E-state index in [1.807, 2.05) is 31.2 Å². The Labute approximate surface area is 190 Å². The predicted molar refractivity (Wildman–Crippen MR) is 126 cm³/mol. The van der Waals surface area contributed by atoms with E-state index in [1.165, 1.54) is 28.5 Å². The molecule has 8 heteroatoms. The van der Waals surface area contributed by atoms with E-state index < -0.39 is 0 Å². The highest BCUT2D eigenvalue weighted by atomic mass is 79.9. The standard InChI is InChI=1S/C23H17BrFN3O2S/c1-2-30-19-10-5-16(6-11-19)22(29)28(26-14-15-3-7-17(24)8-4-15)23-27-20-12-9-18(25)13-21(20)31-23/h3-14H,2H2,1H3/b26-14+. The molecule has 156 valence electrons. The topological polar surface area (TPSA) is 54.8 Å². The fourth-order valence-electron chi connectivity index (χ4n) is 2.82. The van der Waals surface area contributed by atoms with E-state index in [4.69, 9.17) is 4.74 Å². The van der Waals surface area contributed by atoms with Gasteiger partial charge < -0.3 is 4.74 Å². The van der Waals surface area contributed by atoms with Gasteiger partial charge in [0.15, 0.2) is 0 Å². The van der Waals surface area contributed by atoms with Crippen LogP contribution in [0.4, 0.5) is 9.52 Å². The lowest BCUT2D eigenvalue weighted by Crippen LogP contribution is -2.25. The van der Waals surface area contributed by atoms with Gasteiger partial charge in [0, 0.05) is 10.0 Å². The minimum atomic E-state index is -0.356. The van der Waals surface area contributed by atoms with E-state index in [0.29, 0.717) is 33.3 Å². The molecule has 4 rings (SSSR count). The molecular weight excluding hydrogens is 481 g/mol. The number of rotatable bonds is 6. The number of carbonyl (C=O) groups is 1. The van der Waals surface area contributed by atoms with Crippen LogP contribution in [0.3, 0.4) is 0 Å². The summed E-state index contributed by atoms with van der Waals surface area (Å²) >= 11 is 4.60. The van der Waals surface area contributed by atoms with Crippen LogP contribution in [0, 0.1) is 5.82 Å². The maximum Gasteiger partial charge on any atom is 0.280 e. The van der Waals surface area contributed by atoms with Crippen LogP contribution in [0.15, 0.2) is 76.3 Å². The molecule has 0 atom stereocenters. The Bertz CT molecular complexity index is 1240.